The molecule has 2 aliphatic rings. The highest BCUT2D eigenvalue weighted by atomic mass is 35.5. The van der Waals surface area contributed by atoms with Gasteiger partial charge in [0.25, 0.3) is 5.91 Å². The molecule has 1 aromatic carbocycles. The molecule has 2 atom stereocenters. The Labute approximate surface area is 202 Å². The number of fused-ring (bicyclic) bond motifs is 1. The molecule has 0 radical (unpaired) electrons. The van der Waals surface area contributed by atoms with Crippen molar-refractivity contribution in [1.82, 2.24) is 10.2 Å². The largest absolute Gasteiger partial charge is 0.497 e. The number of carbonyl (C=O) groups is 3. The normalized spacial score (nSPS) is 20.3. The van der Waals surface area contributed by atoms with Gasteiger partial charge in [-0.25, -0.2) is 9.59 Å². The summed E-state index contributed by atoms with van der Waals surface area (Å²) in [5.74, 6) is 0.410. The molecular weight excluding hydrogens is 468 g/mol. The molecule has 8 nitrogen and oxygen atoms in total. The molecule has 1 saturated heterocycles. The molecule has 0 aromatic heterocycles. The highest BCUT2D eigenvalue weighted by Gasteiger charge is 2.54. The minimum absolute atomic E-state index is 0.0399. The van der Waals surface area contributed by atoms with Crippen molar-refractivity contribution >= 4 is 41.3 Å². The number of amides is 2. The smallest absolute Gasteiger partial charge is 0.408 e. The van der Waals surface area contributed by atoms with E-state index in [1.165, 1.54) is 16.7 Å². The number of methoxy groups -OCH3 is 1. The van der Waals surface area contributed by atoms with Gasteiger partial charge in [0.05, 0.1) is 7.11 Å². The highest BCUT2D eigenvalue weighted by molar-refractivity contribution is 8.00. The van der Waals surface area contributed by atoms with Crippen molar-refractivity contribution in [2.45, 2.75) is 44.4 Å². The summed E-state index contributed by atoms with van der Waals surface area (Å²) in [6.07, 6.45) is 2.75. The predicted molar refractivity (Wildman–Crippen MR) is 126 cm³/mol. The monoisotopic (exact) mass is 494 g/mol. The summed E-state index contributed by atoms with van der Waals surface area (Å²) in [5, 5.41) is 2.18. The average molecular weight is 495 g/mol. The number of alkyl carbamates (subject to hydrolysis) is 1. The molecule has 2 heterocycles. The number of hydrogen-bond donors (Lipinski definition) is 1. The van der Waals surface area contributed by atoms with Crippen LogP contribution in [0.15, 0.2) is 47.7 Å². The van der Waals surface area contributed by atoms with Crippen LogP contribution < -0.4 is 10.1 Å². The minimum Gasteiger partial charge on any atom is -0.497 e. The SMILES string of the molecule is COc1ccc(COC(=O)C2=C(/C=C/CCl)CS[C@H]3[C@H](NC(=O)OC(C)(C)C)C(=O)N23)cc1. The van der Waals surface area contributed by atoms with Crippen molar-refractivity contribution in [3.63, 3.8) is 0 Å². The van der Waals surface area contributed by atoms with E-state index >= 15 is 0 Å². The van der Waals surface area contributed by atoms with Gasteiger partial charge in [-0.3, -0.25) is 9.69 Å². The second-order valence-corrected chi connectivity index (χ2v) is 9.80. The number of carbonyl (C=O) groups excluding carboxylic acids is 3. The first-order chi connectivity index (χ1) is 15.6. The van der Waals surface area contributed by atoms with Gasteiger partial charge in [-0.2, -0.15) is 0 Å². The fraction of sp³-hybridized carbons (Fsp3) is 0.435. The van der Waals surface area contributed by atoms with E-state index in [0.29, 0.717) is 17.1 Å². The molecule has 2 aliphatic heterocycles. The Kier molecular flexibility index (Phi) is 7.97. The van der Waals surface area contributed by atoms with Crippen LogP contribution in [0, 0.1) is 0 Å². The van der Waals surface area contributed by atoms with Crippen molar-refractivity contribution in [3.8, 4) is 5.75 Å². The summed E-state index contributed by atoms with van der Waals surface area (Å²) in [5.41, 5.74) is 0.900. The second-order valence-electron chi connectivity index (χ2n) is 8.39. The van der Waals surface area contributed by atoms with Crippen molar-refractivity contribution in [1.29, 1.82) is 0 Å². The lowest BCUT2D eigenvalue weighted by atomic mass is 10.0. The average Bonchev–Trinajstić information content (AvgIpc) is 2.78. The molecule has 0 saturated carbocycles. The number of nitrogens with zero attached hydrogens (tertiary/aromatic N) is 1. The molecular formula is C23H27ClN2O6S. The van der Waals surface area contributed by atoms with Crippen LogP contribution >= 0.6 is 23.4 Å². The first-order valence-electron chi connectivity index (χ1n) is 10.3. The summed E-state index contributed by atoms with van der Waals surface area (Å²) in [4.78, 5) is 39.5. The Morgan fingerprint density at radius 3 is 2.58 bits per heavy atom. The van der Waals surface area contributed by atoms with Crippen molar-refractivity contribution in [3.05, 3.63) is 53.3 Å². The topological polar surface area (TPSA) is 94.2 Å². The third kappa shape index (κ3) is 6.03. The number of allylic oxidation sites excluding steroid dienone is 2. The van der Waals surface area contributed by atoms with E-state index in [2.05, 4.69) is 5.32 Å². The fourth-order valence-electron chi connectivity index (χ4n) is 3.32. The van der Waals surface area contributed by atoms with Crippen LogP contribution in [0.1, 0.15) is 26.3 Å². The zero-order chi connectivity index (χ0) is 24.2. The van der Waals surface area contributed by atoms with Gasteiger partial charge < -0.3 is 19.5 Å². The lowest BCUT2D eigenvalue weighted by Crippen LogP contribution is -2.70. The van der Waals surface area contributed by atoms with E-state index in [1.807, 2.05) is 0 Å². The van der Waals surface area contributed by atoms with E-state index in [0.717, 1.165) is 5.56 Å². The quantitative estimate of drug-likeness (QED) is 0.351. The number of esters is 1. The molecule has 1 fully saturated rings. The summed E-state index contributed by atoms with van der Waals surface area (Å²) >= 11 is 7.21. The summed E-state index contributed by atoms with van der Waals surface area (Å²) < 4.78 is 15.9. The van der Waals surface area contributed by atoms with Crippen molar-refractivity contribution in [2.75, 3.05) is 18.7 Å². The molecule has 10 heteroatoms. The fourth-order valence-corrected chi connectivity index (χ4v) is 4.73. The van der Waals surface area contributed by atoms with Gasteiger partial charge in [0.2, 0.25) is 0 Å². The van der Waals surface area contributed by atoms with Crippen LogP contribution in [0.4, 0.5) is 4.79 Å². The summed E-state index contributed by atoms with van der Waals surface area (Å²) in [6, 6.07) is 6.35. The molecule has 1 N–H and O–H groups in total. The highest BCUT2D eigenvalue weighted by Crippen LogP contribution is 2.41. The second kappa shape index (κ2) is 10.5. The Hall–Kier alpha value is -2.65. The Morgan fingerprint density at radius 2 is 1.97 bits per heavy atom. The number of thioether (sulfide) groups is 1. The molecule has 0 spiro atoms. The first kappa shape index (κ1) is 25.0. The van der Waals surface area contributed by atoms with Gasteiger partial charge in [0.15, 0.2) is 0 Å². The number of alkyl halides is 1. The van der Waals surface area contributed by atoms with Crippen LogP contribution in [0.25, 0.3) is 0 Å². The summed E-state index contributed by atoms with van der Waals surface area (Å²) in [7, 11) is 1.57. The van der Waals surface area contributed by atoms with Crippen LogP contribution in [0.2, 0.25) is 0 Å². The first-order valence-corrected chi connectivity index (χ1v) is 11.9. The number of hydrogen-bond acceptors (Lipinski definition) is 7. The van der Waals surface area contributed by atoms with Gasteiger partial charge in [-0.15, -0.1) is 23.4 Å². The van der Waals surface area contributed by atoms with Crippen LogP contribution in [-0.2, 0) is 25.7 Å². The number of rotatable bonds is 7. The van der Waals surface area contributed by atoms with Crippen LogP contribution in [-0.4, -0.2) is 58.6 Å². The van der Waals surface area contributed by atoms with Gasteiger partial charge >= 0.3 is 12.1 Å². The molecule has 3 rings (SSSR count). The number of nitrogens with one attached hydrogen (secondary N) is 1. The number of benzene rings is 1. The standard InChI is InChI=1S/C23H27ClN2O6S/c1-23(2,3)32-22(29)25-17-19(27)26-18(15(6-5-11-24)13-33-20(17)26)21(28)31-12-14-7-9-16(30-4)10-8-14/h5-10,17,20H,11-13H2,1-4H3,(H,25,29)/b6-5+/t17-,20+/m1/s1. The van der Waals surface area contributed by atoms with Gasteiger partial charge in [0, 0.05) is 11.6 Å². The molecule has 1 aromatic rings. The van der Waals surface area contributed by atoms with E-state index < -0.39 is 35.0 Å². The zero-order valence-corrected chi connectivity index (χ0v) is 20.5. The van der Waals surface area contributed by atoms with Gasteiger partial charge in [-0.05, 0) is 44.0 Å². The van der Waals surface area contributed by atoms with E-state index in [1.54, 1.807) is 64.3 Å². The Morgan fingerprint density at radius 1 is 1.27 bits per heavy atom. The van der Waals surface area contributed by atoms with E-state index in [-0.39, 0.29) is 18.2 Å². The van der Waals surface area contributed by atoms with Crippen molar-refractivity contribution in [2.24, 2.45) is 0 Å². The molecule has 2 amide bonds. The van der Waals surface area contributed by atoms with Crippen LogP contribution in [0.3, 0.4) is 0 Å². The Bertz CT molecular complexity index is 970. The number of halogens is 1. The number of β-lactam (4-membered cyclic amide) rings is 1. The van der Waals surface area contributed by atoms with E-state index in [9.17, 15) is 14.4 Å². The van der Waals surface area contributed by atoms with Gasteiger partial charge in [-0.1, -0.05) is 24.3 Å². The Balaban J connectivity index is 1.74. The molecule has 0 aliphatic carbocycles. The minimum atomic E-state index is -0.784. The molecule has 178 valence electrons. The maximum atomic E-state index is 13.0. The molecule has 0 bridgehead atoms. The zero-order valence-electron chi connectivity index (χ0n) is 18.9. The predicted octanol–water partition coefficient (Wildman–Crippen LogP) is 3.60. The molecule has 0 unspecified atom stereocenters. The third-order valence-corrected chi connectivity index (χ3v) is 6.28. The third-order valence-electron chi connectivity index (χ3n) is 4.80. The lowest BCUT2D eigenvalue weighted by Gasteiger charge is -2.49. The summed E-state index contributed by atoms with van der Waals surface area (Å²) in [6.45, 7) is 5.27. The molecule has 33 heavy (non-hydrogen) atoms. The van der Waals surface area contributed by atoms with E-state index in [4.69, 9.17) is 25.8 Å². The van der Waals surface area contributed by atoms with Gasteiger partial charge in [0.1, 0.15) is 35.1 Å². The maximum Gasteiger partial charge on any atom is 0.408 e. The lowest BCUT2D eigenvalue weighted by molar-refractivity contribution is -0.152. The number of ether oxygens (including phenoxy) is 3. The maximum absolute atomic E-state index is 13.0. The van der Waals surface area contributed by atoms with Crippen LogP contribution in [0.5, 0.6) is 5.75 Å². The van der Waals surface area contributed by atoms with Crippen molar-refractivity contribution < 1.29 is 28.6 Å².